The van der Waals surface area contributed by atoms with Gasteiger partial charge in [0.25, 0.3) is 11.8 Å². The number of rotatable bonds is 3. The molecule has 7 rings (SSSR count). The number of nitrogens with zero attached hydrogens (tertiary/aromatic N) is 2. The zero-order chi connectivity index (χ0) is 25.0. The van der Waals surface area contributed by atoms with Crippen LogP contribution in [-0.4, -0.2) is 11.8 Å². The number of nitrogens with one attached hydrogen (secondary N) is 1. The molecule has 2 aliphatic heterocycles. The molecule has 5 heteroatoms. The maximum absolute atomic E-state index is 14.7. The quantitative estimate of drug-likeness (QED) is 0.328. The molecule has 1 unspecified atom stereocenters. The summed E-state index contributed by atoms with van der Waals surface area (Å²) >= 11 is 0. The molecule has 0 saturated carbocycles. The van der Waals surface area contributed by atoms with Gasteiger partial charge >= 0.3 is 0 Å². The van der Waals surface area contributed by atoms with Crippen molar-refractivity contribution in [2.45, 2.75) is 12.2 Å². The van der Waals surface area contributed by atoms with E-state index in [4.69, 9.17) is 0 Å². The maximum Gasteiger partial charge on any atom is 0.279 e. The summed E-state index contributed by atoms with van der Waals surface area (Å²) in [6.45, 7) is 0.388. The molecule has 0 saturated heterocycles. The predicted octanol–water partition coefficient (Wildman–Crippen LogP) is 6.31. The van der Waals surface area contributed by atoms with E-state index >= 15 is 0 Å². The van der Waals surface area contributed by atoms with Crippen molar-refractivity contribution in [1.29, 1.82) is 0 Å². The van der Waals surface area contributed by atoms with Gasteiger partial charge in [0.2, 0.25) is 5.66 Å². The Morgan fingerprint density at radius 2 is 1.38 bits per heavy atom. The van der Waals surface area contributed by atoms with Crippen LogP contribution in [0.1, 0.15) is 21.5 Å². The highest BCUT2D eigenvalue weighted by atomic mass is 16.2. The summed E-state index contributed by atoms with van der Waals surface area (Å²) in [5.41, 5.74) is 3.03. The van der Waals surface area contributed by atoms with Crippen LogP contribution in [0.2, 0.25) is 0 Å². The van der Waals surface area contributed by atoms with E-state index in [1.165, 1.54) is 0 Å². The molecule has 0 bridgehead atoms. The fraction of sp³-hybridized carbons (Fsp3) is 0.0625. The third kappa shape index (κ3) is 3.04. The Hall–Kier alpha value is -4.90. The Labute approximate surface area is 214 Å². The largest absolute Gasteiger partial charge is 0.350 e. The van der Waals surface area contributed by atoms with Crippen molar-refractivity contribution in [2.24, 2.45) is 0 Å². The average Bonchev–Trinajstić information content (AvgIpc) is 3.17. The first-order valence-electron chi connectivity index (χ1n) is 12.3. The van der Waals surface area contributed by atoms with Crippen LogP contribution in [0.25, 0.3) is 10.8 Å². The number of carbonyl (C=O) groups excluding carboxylic acids is 2. The topological polar surface area (TPSA) is 52.7 Å². The summed E-state index contributed by atoms with van der Waals surface area (Å²) in [4.78, 5) is 32.2. The normalized spacial score (nSPS) is 18.2. The summed E-state index contributed by atoms with van der Waals surface area (Å²) in [6, 6.07) is 38.9. The summed E-state index contributed by atoms with van der Waals surface area (Å²) < 4.78 is 0. The van der Waals surface area contributed by atoms with Gasteiger partial charge in [-0.3, -0.25) is 14.5 Å². The molecule has 5 aromatic carbocycles. The number of hydrogen-bond donors (Lipinski definition) is 1. The van der Waals surface area contributed by atoms with Crippen molar-refractivity contribution in [3.63, 3.8) is 0 Å². The lowest BCUT2D eigenvalue weighted by molar-refractivity contribution is -0.122. The Balaban J connectivity index is 1.44. The molecule has 1 spiro atoms. The fourth-order valence-corrected chi connectivity index (χ4v) is 5.72. The Morgan fingerprint density at radius 1 is 0.676 bits per heavy atom. The van der Waals surface area contributed by atoms with Crippen molar-refractivity contribution in [3.8, 4) is 0 Å². The minimum absolute atomic E-state index is 0.187. The second kappa shape index (κ2) is 8.07. The minimum Gasteiger partial charge on any atom is -0.350 e. The van der Waals surface area contributed by atoms with Crippen LogP contribution in [0.4, 0.5) is 17.1 Å². The third-order valence-electron chi connectivity index (χ3n) is 7.37. The molecule has 1 N–H and O–H groups in total. The van der Waals surface area contributed by atoms with Crippen LogP contribution in [-0.2, 0) is 17.0 Å². The monoisotopic (exact) mass is 481 g/mol. The second-order valence-electron chi connectivity index (χ2n) is 9.40. The number of carbonyl (C=O) groups is 2. The van der Waals surface area contributed by atoms with Crippen molar-refractivity contribution in [3.05, 3.63) is 138 Å². The van der Waals surface area contributed by atoms with E-state index in [2.05, 4.69) is 29.6 Å². The minimum atomic E-state index is -1.41. The molecule has 2 amide bonds. The maximum atomic E-state index is 14.7. The van der Waals surface area contributed by atoms with E-state index in [1.807, 2.05) is 91.0 Å². The van der Waals surface area contributed by atoms with Gasteiger partial charge in [0.05, 0.1) is 17.8 Å². The molecule has 0 radical (unpaired) electrons. The highest BCUT2D eigenvalue weighted by Crippen LogP contribution is 2.50. The summed E-state index contributed by atoms with van der Waals surface area (Å²) in [6.07, 6.45) is 0. The van der Waals surface area contributed by atoms with Crippen LogP contribution in [0, 0.1) is 0 Å². The van der Waals surface area contributed by atoms with E-state index in [1.54, 1.807) is 15.9 Å². The van der Waals surface area contributed by atoms with Crippen molar-refractivity contribution >= 4 is 39.6 Å². The lowest BCUT2D eigenvalue weighted by Gasteiger charge is -2.45. The van der Waals surface area contributed by atoms with E-state index < -0.39 is 5.66 Å². The zero-order valence-electron chi connectivity index (χ0n) is 20.0. The smallest absolute Gasteiger partial charge is 0.279 e. The lowest BCUT2D eigenvalue weighted by Crippen LogP contribution is -2.63. The number of amides is 2. The van der Waals surface area contributed by atoms with Gasteiger partial charge in [0.1, 0.15) is 0 Å². The molecular formula is C32H23N3O2. The van der Waals surface area contributed by atoms with Crippen molar-refractivity contribution < 1.29 is 9.59 Å². The molecular weight excluding hydrogens is 458 g/mol. The predicted molar refractivity (Wildman–Crippen MR) is 147 cm³/mol. The molecule has 2 aliphatic rings. The van der Waals surface area contributed by atoms with Gasteiger partial charge in [-0.1, -0.05) is 91.0 Å². The van der Waals surface area contributed by atoms with Gasteiger partial charge in [-0.25, -0.2) is 0 Å². The molecule has 0 aliphatic carbocycles. The fourth-order valence-electron chi connectivity index (χ4n) is 5.72. The number of para-hydroxylation sites is 3. The van der Waals surface area contributed by atoms with Gasteiger partial charge in [0, 0.05) is 16.9 Å². The van der Waals surface area contributed by atoms with Crippen LogP contribution < -0.4 is 15.1 Å². The molecule has 2 heterocycles. The van der Waals surface area contributed by atoms with Gasteiger partial charge in [-0.05, 0) is 46.7 Å². The van der Waals surface area contributed by atoms with Crippen LogP contribution in [0.3, 0.4) is 0 Å². The van der Waals surface area contributed by atoms with Crippen LogP contribution in [0.15, 0.2) is 121 Å². The second-order valence-corrected chi connectivity index (χ2v) is 9.40. The molecule has 5 nitrogen and oxygen atoms in total. The first-order chi connectivity index (χ1) is 18.2. The van der Waals surface area contributed by atoms with E-state index in [9.17, 15) is 9.59 Å². The van der Waals surface area contributed by atoms with Gasteiger partial charge < -0.3 is 10.2 Å². The summed E-state index contributed by atoms with van der Waals surface area (Å²) in [5.74, 6) is -0.399. The first-order valence-corrected chi connectivity index (χ1v) is 12.3. The van der Waals surface area contributed by atoms with Crippen molar-refractivity contribution in [2.75, 3.05) is 15.1 Å². The number of fused-ring (bicyclic) bond motifs is 4. The van der Waals surface area contributed by atoms with E-state index in [0.29, 0.717) is 23.5 Å². The van der Waals surface area contributed by atoms with Gasteiger partial charge in [-0.15, -0.1) is 0 Å². The number of hydrogen-bond acceptors (Lipinski definition) is 3. The molecule has 178 valence electrons. The molecule has 0 fully saturated rings. The number of benzene rings is 5. The van der Waals surface area contributed by atoms with E-state index in [0.717, 1.165) is 27.6 Å². The Bertz CT molecular complexity index is 1690. The number of anilines is 3. The summed E-state index contributed by atoms with van der Waals surface area (Å²) in [7, 11) is 0. The van der Waals surface area contributed by atoms with Crippen LogP contribution >= 0.6 is 0 Å². The highest BCUT2D eigenvalue weighted by molar-refractivity contribution is 6.22. The third-order valence-corrected chi connectivity index (χ3v) is 7.37. The average molecular weight is 482 g/mol. The Morgan fingerprint density at radius 3 is 2.27 bits per heavy atom. The van der Waals surface area contributed by atoms with Gasteiger partial charge in [0.15, 0.2) is 0 Å². The molecule has 37 heavy (non-hydrogen) atoms. The summed E-state index contributed by atoms with van der Waals surface area (Å²) in [5, 5.41) is 5.76. The standard InChI is InChI=1S/C32H23N3O2/c36-30-26-17-6-8-19-28(26)33-32(35(30)24-14-2-1-3-15-24)27-18-7-9-20-29(27)34(31(32)37)21-23-13-10-12-22-11-4-5-16-25(22)23/h1-20,33H,21H2. The first kappa shape index (κ1) is 21.4. The SMILES string of the molecule is O=C1c2ccccc2NC2(C(=O)N(Cc3cccc4ccccc34)c3ccccc32)N1c1ccccc1. The van der Waals surface area contributed by atoms with Crippen LogP contribution in [0.5, 0.6) is 0 Å². The molecule has 1 atom stereocenters. The van der Waals surface area contributed by atoms with Gasteiger partial charge in [-0.2, -0.15) is 0 Å². The van der Waals surface area contributed by atoms with E-state index in [-0.39, 0.29) is 11.8 Å². The highest BCUT2D eigenvalue weighted by Gasteiger charge is 2.59. The zero-order valence-corrected chi connectivity index (χ0v) is 20.0. The van der Waals surface area contributed by atoms with Crippen molar-refractivity contribution in [1.82, 2.24) is 0 Å². The Kier molecular flexibility index (Phi) is 4.66. The molecule has 5 aromatic rings. The molecule has 0 aromatic heterocycles. The lowest BCUT2D eigenvalue weighted by atomic mass is 9.92.